The molecular weight excluding hydrogens is 294 g/mol. The quantitative estimate of drug-likeness (QED) is 0.637. The average Bonchev–Trinajstić information content (AvgIpc) is 2.64. The Kier molecular flexibility index (Phi) is 4.95. The number of rotatable bonds is 5. The molecular formula is C22H23NO. The number of pyridine rings is 1. The molecule has 122 valence electrons. The molecule has 0 unspecified atom stereocenters. The van der Waals surface area contributed by atoms with E-state index < -0.39 is 0 Å². The van der Waals surface area contributed by atoms with Crippen LogP contribution in [0.4, 0.5) is 0 Å². The lowest BCUT2D eigenvalue weighted by Gasteiger charge is -2.21. The molecule has 0 amide bonds. The van der Waals surface area contributed by atoms with Crippen molar-refractivity contribution in [3.63, 3.8) is 0 Å². The minimum Gasteiger partial charge on any atom is -0.313 e. The summed E-state index contributed by atoms with van der Waals surface area (Å²) in [5.74, 6) is 0. The van der Waals surface area contributed by atoms with Gasteiger partial charge in [0, 0.05) is 23.0 Å². The molecule has 0 saturated carbocycles. The second-order valence-corrected chi connectivity index (χ2v) is 6.11. The van der Waals surface area contributed by atoms with E-state index in [0.29, 0.717) is 0 Å². The van der Waals surface area contributed by atoms with Gasteiger partial charge in [0.15, 0.2) is 5.43 Å². The van der Waals surface area contributed by atoms with Crippen molar-refractivity contribution in [2.75, 3.05) is 0 Å². The van der Waals surface area contributed by atoms with Gasteiger partial charge in [-0.1, -0.05) is 61.9 Å². The van der Waals surface area contributed by atoms with Crippen LogP contribution in [0.5, 0.6) is 0 Å². The summed E-state index contributed by atoms with van der Waals surface area (Å²) in [4.78, 5) is 12.6. The Morgan fingerprint density at radius 1 is 0.917 bits per heavy atom. The van der Waals surface area contributed by atoms with Crippen LogP contribution in [0, 0.1) is 6.92 Å². The lowest BCUT2D eigenvalue weighted by Crippen LogP contribution is -2.18. The molecule has 0 aliphatic carbocycles. The van der Waals surface area contributed by atoms with Crippen molar-refractivity contribution in [3.05, 3.63) is 88.2 Å². The van der Waals surface area contributed by atoms with Crippen molar-refractivity contribution >= 4 is 0 Å². The van der Waals surface area contributed by atoms with Gasteiger partial charge in [0.2, 0.25) is 0 Å². The van der Waals surface area contributed by atoms with Crippen LogP contribution in [0.25, 0.3) is 16.9 Å². The zero-order valence-corrected chi connectivity index (χ0v) is 14.3. The van der Waals surface area contributed by atoms with Gasteiger partial charge in [0.05, 0.1) is 5.69 Å². The van der Waals surface area contributed by atoms with Gasteiger partial charge in [-0.2, -0.15) is 0 Å². The van der Waals surface area contributed by atoms with E-state index in [1.165, 1.54) is 0 Å². The molecule has 3 rings (SSSR count). The first kappa shape index (κ1) is 16.3. The molecule has 24 heavy (non-hydrogen) atoms. The van der Waals surface area contributed by atoms with E-state index in [1.807, 2.05) is 43.3 Å². The highest BCUT2D eigenvalue weighted by Crippen LogP contribution is 2.26. The molecule has 0 bridgehead atoms. The zero-order valence-electron chi connectivity index (χ0n) is 14.3. The SMILES string of the molecule is CCCCc1c(C)c(=O)cc(-c2ccccc2)n1-c1ccccc1. The third-order valence-electron chi connectivity index (χ3n) is 4.43. The molecule has 0 N–H and O–H groups in total. The normalized spacial score (nSPS) is 10.8. The molecule has 2 aromatic carbocycles. The summed E-state index contributed by atoms with van der Waals surface area (Å²) >= 11 is 0. The Bertz CT molecular complexity index is 864. The number of hydrogen-bond donors (Lipinski definition) is 0. The molecule has 2 nitrogen and oxygen atoms in total. The van der Waals surface area contributed by atoms with Crippen LogP contribution in [0.2, 0.25) is 0 Å². The molecule has 0 aliphatic rings. The van der Waals surface area contributed by atoms with Crippen LogP contribution in [0.15, 0.2) is 71.5 Å². The summed E-state index contributed by atoms with van der Waals surface area (Å²) in [6, 6.07) is 22.2. The molecule has 2 heteroatoms. The Morgan fingerprint density at radius 2 is 1.54 bits per heavy atom. The smallest absolute Gasteiger partial charge is 0.185 e. The fraction of sp³-hybridized carbons (Fsp3) is 0.227. The fourth-order valence-corrected chi connectivity index (χ4v) is 3.09. The number of para-hydroxylation sites is 1. The maximum Gasteiger partial charge on any atom is 0.185 e. The topological polar surface area (TPSA) is 22.0 Å². The second-order valence-electron chi connectivity index (χ2n) is 6.11. The summed E-state index contributed by atoms with van der Waals surface area (Å²) < 4.78 is 2.25. The molecule has 0 spiro atoms. The number of benzene rings is 2. The van der Waals surface area contributed by atoms with Crippen molar-refractivity contribution in [2.45, 2.75) is 33.1 Å². The Balaban J connectivity index is 2.32. The van der Waals surface area contributed by atoms with Crippen molar-refractivity contribution in [1.82, 2.24) is 4.57 Å². The van der Waals surface area contributed by atoms with Crippen molar-refractivity contribution in [3.8, 4) is 16.9 Å². The highest BCUT2D eigenvalue weighted by atomic mass is 16.1. The Hall–Kier alpha value is -2.61. The van der Waals surface area contributed by atoms with Crippen molar-refractivity contribution in [1.29, 1.82) is 0 Å². The van der Waals surface area contributed by atoms with Gasteiger partial charge in [-0.3, -0.25) is 4.79 Å². The largest absolute Gasteiger partial charge is 0.313 e. The predicted octanol–water partition coefficient (Wildman–Crippen LogP) is 5.16. The van der Waals surface area contributed by atoms with Gasteiger partial charge in [-0.05, 0) is 37.5 Å². The van der Waals surface area contributed by atoms with Gasteiger partial charge in [-0.15, -0.1) is 0 Å². The average molecular weight is 317 g/mol. The standard InChI is InChI=1S/C22H23NO/c1-3-4-15-20-17(2)22(24)16-21(18-11-7-5-8-12-18)23(20)19-13-9-6-10-14-19/h5-14,16H,3-4,15H2,1-2H3. The van der Waals surface area contributed by atoms with Crippen LogP contribution in [-0.2, 0) is 6.42 Å². The zero-order chi connectivity index (χ0) is 16.9. The first-order chi connectivity index (χ1) is 11.7. The molecule has 0 atom stereocenters. The van der Waals surface area contributed by atoms with E-state index in [9.17, 15) is 4.79 Å². The van der Waals surface area contributed by atoms with E-state index in [1.54, 1.807) is 6.07 Å². The monoisotopic (exact) mass is 317 g/mol. The minimum absolute atomic E-state index is 0.118. The highest BCUT2D eigenvalue weighted by Gasteiger charge is 2.15. The minimum atomic E-state index is 0.118. The van der Waals surface area contributed by atoms with Crippen molar-refractivity contribution in [2.24, 2.45) is 0 Å². The first-order valence-corrected chi connectivity index (χ1v) is 8.58. The Morgan fingerprint density at radius 3 is 2.17 bits per heavy atom. The van der Waals surface area contributed by atoms with Crippen LogP contribution in [0.3, 0.4) is 0 Å². The maximum absolute atomic E-state index is 12.6. The number of aromatic nitrogens is 1. The number of nitrogens with zero attached hydrogens (tertiary/aromatic N) is 1. The first-order valence-electron chi connectivity index (χ1n) is 8.58. The summed E-state index contributed by atoms with van der Waals surface area (Å²) in [7, 11) is 0. The molecule has 0 fully saturated rings. The van der Waals surface area contributed by atoms with Crippen LogP contribution in [-0.4, -0.2) is 4.57 Å². The maximum atomic E-state index is 12.6. The number of unbranched alkanes of at least 4 members (excludes halogenated alkanes) is 1. The highest BCUT2D eigenvalue weighted by molar-refractivity contribution is 5.63. The summed E-state index contributed by atoms with van der Waals surface area (Å²) in [5, 5.41) is 0. The van der Waals surface area contributed by atoms with Crippen LogP contribution in [0.1, 0.15) is 31.0 Å². The molecule has 3 aromatic rings. The lowest BCUT2D eigenvalue weighted by atomic mass is 10.0. The van der Waals surface area contributed by atoms with E-state index in [0.717, 1.165) is 47.5 Å². The van der Waals surface area contributed by atoms with E-state index in [4.69, 9.17) is 0 Å². The third-order valence-corrected chi connectivity index (χ3v) is 4.43. The van der Waals surface area contributed by atoms with Gasteiger partial charge in [0.1, 0.15) is 0 Å². The van der Waals surface area contributed by atoms with Gasteiger partial charge in [-0.25, -0.2) is 0 Å². The predicted molar refractivity (Wildman–Crippen MR) is 101 cm³/mol. The van der Waals surface area contributed by atoms with Gasteiger partial charge < -0.3 is 4.57 Å². The van der Waals surface area contributed by atoms with E-state index >= 15 is 0 Å². The molecule has 0 saturated heterocycles. The fourth-order valence-electron chi connectivity index (χ4n) is 3.09. The van der Waals surface area contributed by atoms with Crippen molar-refractivity contribution < 1.29 is 0 Å². The summed E-state index contributed by atoms with van der Waals surface area (Å²) in [6.45, 7) is 4.13. The lowest BCUT2D eigenvalue weighted by molar-refractivity contribution is 0.746. The summed E-state index contributed by atoms with van der Waals surface area (Å²) in [5.41, 5.74) is 5.22. The van der Waals surface area contributed by atoms with E-state index in [2.05, 4.69) is 35.8 Å². The van der Waals surface area contributed by atoms with Gasteiger partial charge >= 0.3 is 0 Å². The number of hydrogen-bond acceptors (Lipinski definition) is 1. The molecule has 0 aliphatic heterocycles. The van der Waals surface area contributed by atoms with E-state index in [-0.39, 0.29) is 5.43 Å². The Labute approximate surface area is 143 Å². The van der Waals surface area contributed by atoms with Crippen LogP contribution >= 0.6 is 0 Å². The second kappa shape index (κ2) is 7.31. The third kappa shape index (κ3) is 3.18. The molecule has 0 radical (unpaired) electrons. The molecule has 1 aromatic heterocycles. The van der Waals surface area contributed by atoms with Crippen LogP contribution < -0.4 is 5.43 Å². The molecule has 1 heterocycles. The van der Waals surface area contributed by atoms with Gasteiger partial charge in [0.25, 0.3) is 0 Å². The summed E-state index contributed by atoms with van der Waals surface area (Å²) in [6.07, 6.45) is 3.09.